The first-order valence-corrected chi connectivity index (χ1v) is 8.48. The Morgan fingerprint density at radius 1 is 1.33 bits per heavy atom. The van der Waals surface area contributed by atoms with E-state index in [1.54, 1.807) is 11.0 Å². The molecule has 6 heteroatoms. The summed E-state index contributed by atoms with van der Waals surface area (Å²) in [6, 6.07) is 11.9. The average molecular weight is 328 g/mol. The number of nitrogens with zero attached hydrogens (tertiary/aromatic N) is 3. The van der Waals surface area contributed by atoms with E-state index in [1.807, 2.05) is 41.2 Å². The highest BCUT2D eigenvalue weighted by atomic mass is 16.3. The Morgan fingerprint density at radius 2 is 2.17 bits per heavy atom. The van der Waals surface area contributed by atoms with Crippen LogP contribution in [0.4, 0.5) is 0 Å². The minimum absolute atomic E-state index is 0.0637. The molecule has 1 fully saturated rings. The second-order valence-electron chi connectivity index (χ2n) is 6.12. The minimum Gasteiger partial charge on any atom is -0.395 e. The maximum atomic E-state index is 12.8. The van der Waals surface area contributed by atoms with E-state index >= 15 is 0 Å². The molecular weight excluding hydrogens is 304 g/mol. The fourth-order valence-corrected chi connectivity index (χ4v) is 3.05. The van der Waals surface area contributed by atoms with Gasteiger partial charge in [-0.2, -0.15) is 5.10 Å². The zero-order valence-electron chi connectivity index (χ0n) is 13.8. The Kier molecular flexibility index (Phi) is 5.61. The lowest BCUT2D eigenvalue weighted by atomic mass is 10.1. The van der Waals surface area contributed by atoms with Crippen molar-refractivity contribution in [3.8, 4) is 0 Å². The lowest BCUT2D eigenvalue weighted by molar-refractivity contribution is 0.0700. The van der Waals surface area contributed by atoms with Gasteiger partial charge < -0.3 is 15.3 Å². The van der Waals surface area contributed by atoms with Gasteiger partial charge in [0.2, 0.25) is 0 Å². The van der Waals surface area contributed by atoms with Crippen molar-refractivity contribution in [3.05, 3.63) is 53.9 Å². The number of benzene rings is 1. The summed E-state index contributed by atoms with van der Waals surface area (Å²) in [4.78, 5) is 14.4. The molecule has 1 saturated heterocycles. The van der Waals surface area contributed by atoms with Crippen LogP contribution in [0, 0.1) is 0 Å². The van der Waals surface area contributed by atoms with E-state index in [9.17, 15) is 9.90 Å². The van der Waals surface area contributed by atoms with Crippen LogP contribution < -0.4 is 5.32 Å². The molecule has 0 aliphatic carbocycles. The second kappa shape index (κ2) is 8.08. The molecule has 0 bridgehead atoms. The lowest BCUT2D eigenvalue weighted by Crippen LogP contribution is -2.34. The van der Waals surface area contributed by atoms with Crippen molar-refractivity contribution in [2.75, 3.05) is 26.2 Å². The van der Waals surface area contributed by atoms with Gasteiger partial charge in [-0.15, -0.1) is 0 Å². The van der Waals surface area contributed by atoms with E-state index < -0.39 is 0 Å². The molecule has 2 heterocycles. The van der Waals surface area contributed by atoms with E-state index in [0.717, 1.165) is 31.5 Å². The number of hydrogen-bond donors (Lipinski definition) is 2. The molecule has 1 aromatic heterocycles. The third-order valence-corrected chi connectivity index (χ3v) is 4.35. The minimum atomic E-state index is -0.143. The second-order valence-corrected chi connectivity index (χ2v) is 6.12. The van der Waals surface area contributed by atoms with E-state index in [0.29, 0.717) is 24.8 Å². The normalized spacial score (nSPS) is 17.6. The van der Waals surface area contributed by atoms with Crippen LogP contribution in [-0.2, 0) is 6.54 Å². The Labute approximate surface area is 142 Å². The monoisotopic (exact) mass is 328 g/mol. The zero-order valence-corrected chi connectivity index (χ0v) is 13.8. The van der Waals surface area contributed by atoms with Crippen LogP contribution in [0.5, 0.6) is 0 Å². The van der Waals surface area contributed by atoms with Gasteiger partial charge in [0.05, 0.1) is 12.6 Å². The van der Waals surface area contributed by atoms with Gasteiger partial charge in [-0.3, -0.25) is 9.48 Å². The number of aliphatic hydroxyl groups is 1. The highest BCUT2D eigenvalue weighted by molar-refractivity contribution is 5.92. The predicted molar refractivity (Wildman–Crippen MR) is 91.6 cm³/mol. The molecule has 1 amide bonds. The van der Waals surface area contributed by atoms with Crippen LogP contribution in [0.1, 0.15) is 34.9 Å². The molecule has 2 N–H and O–H groups in total. The van der Waals surface area contributed by atoms with Crippen molar-refractivity contribution in [2.24, 2.45) is 0 Å². The maximum Gasteiger partial charge on any atom is 0.274 e. The average Bonchev–Trinajstić information content (AvgIpc) is 3.12. The molecule has 0 spiro atoms. The largest absolute Gasteiger partial charge is 0.395 e. The van der Waals surface area contributed by atoms with Gasteiger partial charge in [0.1, 0.15) is 5.69 Å². The number of rotatable bonds is 6. The summed E-state index contributed by atoms with van der Waals surface area (Å²) in [6.07, 6.45) is 4.08. The first kappa shape index (κ1) is 16.7. The van der Waals surface area contributed by atoms with E-state index in [4.69, 9.17) is 0 Å². The first-order chi connectivity index (χ1) is 11.8. The summed E-state index contributed by atoms with van der Waals surface area (Å²) in [5.41, 5.74) is 1.47. The third kappa shape index (κ3) is 4.01. The number of hydrogen-bond acceptors (Lipinski definition) is 4. The van der Waals surface area contributed by atoms with Gasteiger partial charge in [-0.25, -0.2) is 0 Å². The number of carbonyl (C=O) groups is 1. The SMILES string of the molecule is O=C(c1ccn(C2CCCNC2)n1)N(CCO)Cc1ccccc1. The number of piperidine rings is 1. The summed E-state index contributed by atoms with van der Waals surface area (Å²) >= 11 is 0. The molecule has 1 aliphatic rings. The van der Waals surface area contributed by atoms with Crippen LogP contribution in [-0.4, -0.2) is 51.9 Å². The molecule has 2 aromatic rings. The van der Waals surface area contributed by atoms with Gasteiger partial charge in [0, 0.05) is 25.8 Å². The summed E-state index contributed by atoms with van der Waals surface area (Å²) < 4.78 is 1.89. The molecule has 24 heavy (non-hydrogen) atoms. The molecule has 1 aromatic carbocycles. The molecule has 3 rings (SSSR count). The standard InChI is InChI=1S/C18H24N4O2/c23-12-11-21(14-15-5-2-1-3-6-15)18(24)17-8-10-22(20-17)16-7-4-9-19-13-16/h1-3,5-6,8,10,16,19,23H,4,7,9,11-14H2. The van der Waals surface area contributed by atoms with E-state index in [1.165, 1.54) is 0 Å². The summed E-state index contributed by atoms with van der Waals surface area (Å²) in [5, 5.41) is 17.1. The fraction of sp³-hybridized carbons (Fsp3) is 0.444. The van der Waals surface area contributed by atoms with Gasteiger partial charge in [0.25, 0.3) is 5.91 Å². The topological polar surface area (TPSA) is 70.4 Å². The molecule has 0 radical (unpaired) electrons. The Balaban J connectivity index is 1.71. The van der Waals surface area contributed by atoms with Crippen LogP contribution in [0.15, 0.2) is 42.6 Å². The maximum absolute atomic E-state index is 12.8. The molecule has 128 valence electrons. The van der Waals surface area contributed by atoms with Gasteiger partial charge in [-0.1, -0.05) is 30.3 Å². The van der Waals surface area contributed by atoms with Gasteiger partial charge in [0.15, 0.2) is 0 Å². The predicted octanol–water partition coefficient (Wildman–Crippen LogP) is 1.44. The first-order valence-electron chi connectivity index (χ1n) is 8.48. The summed E-state index contributed by atoms with van der Waals surface area (Å²) in [5.74, 6) is -0.143. The van der Waals surface area contributed by atoms with Crippen LogP contribution in [0.25, 0.3) is 0 Å². The van der Waals surface area contributed by atoms with Gasteiger partial charge in [-0.05, 0) is 31.0 Å². The molecular formula is C18H24N4O2. The van der Waals surface area contributed by atoms with Crippen molar-refractivity contribution in [2.45, 2.75) is 25.4 Å². The molecule has 0 saturated carbocycles. The number of carbonyl (C=O) groups excluding carboxylic acids is 1. The number of amides is 1. The Bertz CT molecular complexity index is 650. The van der Waals surface area contributed by atoms with Crippen LogP contribution >= 0.6 is 0 Å². The van der Waals surface area contributed by atoms with Gasteiger partial charge >= 0.3 is 0 Å². The summed E-state index contributed by atoms with van der Waals surface area (Å²) in [7, 11) is 0. The lowest BCUT2D eigenvalue weighted by Gasteiger charge is -2.23. The molecule has 1 unspecified atom stereocenters. The third-order valence-electron chi connectivity index (χ3n) is 4.35. The smallest absolute Gasteiger partial charge is 0.274 e. The fourth-order valence-electron chi connectivity index (χ4n) is 3.05. The quantitative estimate of drug-likeness (QED) is 0.842. The number of aromatic nitrogens is 2. The molecule has 1 aliphatic heterocycles. The van der Waals surface area contributed by atoms with Crippen molar-refractivity contribution in [3.63, 3.8) is 0 Å². The van der Waals surface area contributed by atoms with Crippen LogP contribution in [0.3, 0.4) is 0 Å². The van der Waals surface area contributed by atoms with E-state index in [2.05, 4.69) is 10.4 Å². The summed E-state index contributed by atoms with van der Waals surface area (Å²) in [6.45, 7) is 2.64. The van der Waals surface area contributed by atoms with Crippen molar-refractivity contribution in [1.29, 1.82) is 0 Å². The van der Waals surface area contributed by atoms with Crippen molar-refractivity contribution >= 4 is 5.91 Å². The number of nitrogens with one attached hydrogen (secondary N) is 1. The number of aliphatic hydroxyl groups excluding tert-OH is 1. The highest BCUT2D eigenvalue weighted by Gasteiger charge is 2.21. The van der Waals surface area contributed by atoms with Crippen LogP contribution in [0.2, 0.25) is 0 Å². The molecule has 6 nitrogen and oxygen atoms in total. The van der Waals surface area contributed by atoms with Crippen molar-refractivity contribution < 1.29 is 9.90 Å². The zero-order chi connectivity index (χ0) is 16.8. The Morgan fingerprint density at radius 3 is 2.88 bits per heavy atom. The van der Waals surface area contributed by atoms with E-state index in [-0.39, 0.29) is 12.5 Å². The highest BCUT2D eigenvalue weighted by Crippen LogP contribution is 2.16. The molecule has 1 atom stereocenters. The Hall–Kier alpha value is -2.18. The van der Waals surface area contributed by atoms with Crippen molar-refractivity contribution in [1.82, 2.24) is 20.0 Å².